The predicted molar refractivity (Wildman–Crippen MR) is 160 cm³/mol. The third-order valence-corrected chi connectivity index (χ3v) is 8.40. The lowest BCUT2D eigenvalue weighted by atomic mass is 9.89. The van der Waals surface area contributed by atoms with Crippen LogP contribution in [-0.4, -0.2) is 46.0 Å². The van der Waals surface area contributed by atoms with Gasteiger partial charge in [-0.1, -0.05) is 68.4 Å². The minimum atomic E-state index is -4.65. The monoisotopic (exact) mass is 609 g/mol. The number of benzene rings is 3. The average Bonchev–Trinajstić information content (AvgIpc) is 2.95. The smallest absolute Gasteiger partial charge is 0.416 e. The number of nitrogens with one attached hydrogen (secondary N) is 1. The van der Waals surface area contributed by atoms with Crippen LogP contribution in [-0.2, 0) is 17.4 Å². The molecule has 1 aromatic heterocycles. The normalized spacial score (nSPS) is 15.5. The lowest BCUT2D eigenvalue weighted by Crippen LogP contribution is -2.44. The van der Waals surface area contributed by atoms with Crippen LogP contribution in [0.3, 0.4) is 0 Å². The van der Waals surface area contributed by atoms with Gasteiger partial charge in [-0.15, -0.1) is 0 Å². The van der Waals surface area contributed by atoms with Gasteiger partial charge >= 0.3 is 12.1 Å². The van der Waals surface area contributed by atoms with Crippen molar-refractivity contribution >= 4 is 34.6 Å². The van der Waals surface area contributed by atoms with Crippen molar-refractivity contribution in [3.63, 3.8) is 0 Å². The van der Waals surface area contributed by atoms with Crippen molar-refractivity contribution < 1.29 is 27.9 Å². The Labute approximate surface area is 250 Å². The van der Waals surface area contributed by atoms with Gasteiger partial charge in [-0.25, -0.2) is 9.10 Å². The number of fused-ring (bicyclic) bond motifs is 2. The second-order valence-electron chi connectivity index (χ2n) is 11.0. The van der Waals surface area contributed by atoms with Gasteiger partial charge in [0.25, 0.3) is 11.5 Å². The van der Waals surface area contributed by atoms with Crippen LogP contribution in [0, 0.1) is 5.92 Å². The fourth-order valence-corrected chi connectivity index (χ4v) is 6.51. The molecular weight excluding hydrogens is 579 g/mol. The molecule has 2 N–H and O–H groups in total. The van der Waals surface area contributed by atoms with Crippen LogP contribution in [0.5, 0.6) is 0 Å². The van der Waals surface area contributed by atoms with Gasteiger partial charge in [0.2, 0.25) is 0 Å². The van der Waals surface area contributed by atoms with Crippen molar-refractivity contribution in [3.05, 3.63) is 99.3 Å². The van der Waals surface area contributed by atoms with E-state index in [1.165, 1.54) is 12.1 Å². The number of aliphatic carboxylic acids is 1. The lowest BCUT2D eigenvalue weighted by molar-refractivity contribution is -0.141. The Morgan fingerprint density at radius 1 is 1.07 bits per heavy atom. The Bertz CT molecular complexity index is 1780. The molecular formula is C32H30F3N3O4S. The van der Waals surface area contributed by atoms with Gasteiger partial charge in [0.1, 0.15) is 16.6 Å². The molecule has 0 radical (unpaired) electrons. The van der Waals surface area contributed by atoms with Gasteiger partial charge in [0.15, 0.2) is 0 Å². The molecule has 0 saturated carbocycles. The number of amides is 1. The van der Waals surface area contributed by atoms with E-state index in [2.05, 4.69) is 5.32 Å². The first kappa shape index (κ1) is 30.4. The zero-order valence-electron chi connectivity index (χ0n) is 23.7. The quantitative estimate of drug-likeness (QED) is 0.241. The molecule has 0 bridgehead atoms. The number of aromatic nitrogens is 1. The Balaban J connectivity index is 1.90. The number of pyridine rings is 1. The number of rotatable bonds is 7. The number of halogens is 3. The van der Waals surface area contributed by atoms with Crippen molar-refractivity contribution in [2.45, 2.75) is 37.5 Å². The highest BCUT2D eigenvalue weighted by Gasteiger charge is 2.38. The van der Waals surface area contributed by atoms with Crippen LogP contribution in [0.1, 0.15) is 46.9 Å². The van der Waals surface area contributed by atoms with E-state index in [-0.39, 0.29) is 52.7 Å². The Hall–Kier alpha value is -4.09. The molecule has 43 heavy (non-hydrogen) atoms. The summed E-state index contributed by atoms with van der Waals surface area (Å²) >= 11 is 1.07. The Morgan fingerprint density at radius 2 is 1.77 bits per heavy atom. The molecule has 0 aliphatic carbocycles. The summed E-state index contributed by atoms with van der Waals surface area (Å²) in [6.45, 7) is 3.97. The second kappa shape index (κ2) is 11.9. The molecule has 224 valence electrons. The summed E-state index contributed by atoms with van der Waals surface area (Å²) in [6.07, 6.45) is -4.61. The van der Waals surface area contributed by atoms with Gasteiger partial charge in [-0.2, -0.15) is 13.2 Å². The maximum Gasteiger partial charge on any atom is 0.416 e. The molecule has 1 aliphatic heterocycles. The second-order valence-corrected chi connectivity index (χ2v) is 12.2. The molecule has 1 unspecified atom stereocenters. The molecule has 0 fully saturated rings. The molecule has 11 heteroatoms. The van der Waals surface area contributed by atoms with Crippen LogP contribution in [0.4, 0.5) is 13.2 Å². The number of carboxylic acids is 1. The van der Waals surface area contributed by atoms with Gasteiger partial charge in [-0.3, -0.25) is 14.2 Å². The average molecular weight is 610 g/mol. The molecule has 1 amide bonds. The van der Waals surface area contributed by atoms with E-state index in [4.69, 9.17) is 0 Å². The van der Waals surface area contributed by atoms with Gasteiger partial charge in [-0.05, 0) is 70.9 Å². The maximum atomic E-state index is 14.2. The van der Waals surface area contributed by atoms with Gasteiger partial charge < -0.3 is 10.4 Å². The first-order valence-electron chi connectivity index (χ1n) is 13.7. The molecule has 0 saturated heterocycles. The first-order chi connectivity index (χ1) is 20.4. The zero-order chi connectivity index (χ0) is 31.1. The molecule has 1 aliphatic rings. The third-order valence-electron chi connectivity index (χ3n) is 7.36. The van der Waals surface area contributed by atoms with Crippen molar-refractivity contribution in [2.24, 2.45) is 5.92 Å². The zero-order valence-corrected chi connectivity index (χ0v) is 24.6. The number of carbonyl (C=O) groups is 2. The van der Waals surface area contributed by atoms with Crippen molar-refractivity contribution in [3.8, 4) is 11.1 Å². The fraction of sp³-hybridized carbons (Fsp3) is 0.281. The minimum Gasteiger partial charge on any atom is -0.480 e. The number of carboxylic acid groups (broad SMARTS) is 1. The lowest BCUT2D eigenvalue weighted by Gasteiger charge is -2.34. The third kappa shape index (κ3) is 6.05. The van der Waals surface area contributed by atoms with Gasteiger partial charge in [0.05, 0.1) is 5.56 Å². The molecule has 7 nitrogen and oxygen atoms in total. The van der Waals surface area contributed by atoms with Crippen LogP contribution in [0.25, 0.3) is 21.9 Å². The SMILES string of the molecule is CC(C)CNC(=O)c1c(Cc2cccc3ccccc23)c(-c2cccc(C(F)(F)F)c2)c2n(c1=O)C(C(=O)O)CN(C)S2. The largest absolute Gasteiger partial charge is 0.480 e. The minimum absolute atomic E-state index is 0.0441. The highest BCUT2D eigenvalue weighted by Crippen LogP contribution is 2.43. The van der Waals surface area contributed by atoms with Crippen LogP contribution < -0.4 is 10.9 Å². The summed E-state index contributed by atoms with van der Waals surface area (Å²) in [5, 5.41) is 14.8. The number of hydrogen-bond acceptors (Lipinski definition) is 5. The van der Waals surface area contributed by atoms with E-state index >= 15 is 0 Å². The van der Waals surface area contributed by atoms with Crippen LogP contribution >= 0.6 is 11.9 Å². The highest BCUT2D eigenvalue weighted by atomic mass is 32.2. The highest BCUT2D eigenvalue weighted by molar-refractivity contribution is 7.97. The Morgan fingerprint density at radius 3 is 2.47 bits per heavy atom. The van der Waals surface area contributed by atoms with E-state index in [0.717, 1.165) is 45.0 Å². The van der Waals surface area contributed by atoms with Crippen molar-refractivity contribution in [2.75, 3.05) is 20.1 Å². The van der Waals surface area contributed by atoms with E-state index in [1.54, 1.807) is 11.4 Å². The van der Waals surface area contributed by atoms with Crippen LogP contribution in [0.15, 0.2) is 76.6 Å². The van der Waals surface area contributed by atoms with E-state index in [9.17, 15) is 32.7 Å². The molecule has 5 rings (SSSR count). The molecule has 4 aromatic rings. The number of hydrogen-bond donors (Lipinski definition) is 2. The number of carbonyl (C=O) groups excluding carboxylic acids is 1. The van der Waals surface area contributed by atoms with Crippen LogP contribution in [0.2, 0.25) is 0 Å². The summed E-state index contributed by atoms with van der Waals surface area (Å²) in [7, 11) is 1.65. The van der Waals surface area contributed by atoms with E-state index < -0.39 is 35.2 Å². The van der Waals surface area contributed by atoms with E-state index in [1.807, 2.05) is 56.3 Å². The fourth-order valence-electron chi connectivity index (χ4n) is 5.37. The first-order valence-corrected chi connectivity index (χ1v) is 14.5. The van der Waals surface area contributed by atoms with E-state index in [0.29, 0.717) is 0 Å². The summed E-state index contributed by atoms with van der Waals surface area (Å²) in [5.41, 5.74) is -0.635. The maximum absolute atomic E-state index is 14.2. The van der Waals surface area contributed by atoms with Crippen molar-refractivity contribution in [1.82, 2.24) is 14.2 Å². The summed E-state index contributed by atoms with van der Waals surface area (Å²) in [5.74, 6) is -1.95. The standard InChI is InChI=1S/C32H30F3N3O4S/c1-18(2)16-36-28(39)27-24(15-20-10-6-9-19-8-4-5-13-23(19)20)26(21-11-7-12-22(14-21)32(33,34)35)30-38(29(27)40)25(31(41)42)17-37(3)43-30/h4-14,18,25H,15-17H2,1-3H3,(H,36,39)(H,41,42). The number of likely N-dealkylation sites (N-methyl/N-ethyl adjacent to an activating group) is 1. The number of alkyl halides is 3. The van der Waals surface area contributed by atoms with Crippen molar-refractivity contribution in [1.29, 1.82) is 0 Å². The Kier molecular flexibility index (Phi) is 8.40. The topological polar surface area (TPSA) is 91.6 Å². The molecule has 1 atom stereocenters. The predicted octanol–water partition coefficient (Wildman–Crippen LogP) is 6.24. The van der Waals surface area contributed by atoms with Gasteiger partial charge in [0, 0.05) is 18.7 Å². The number of nitrogens with zero attached hydrogens (tertiary/aromatic N) is 2. The summed E-state index contributed by atoms with van der Waals surface area (Å²) in [4.78, 5) is 40.5. The molecule has 3 aromatic carbocycles. The molecule has 0 spiro atoms. The summed E-state index contributed by atoms with van der Waals surface area (Å²) in [6, 6.07) is 16.5. The molecule has 2 heterocycles. The summed E-state index contributed by atoms with van der Waals surface area (Å²) < 4.78 is 44.4.